The van der Waals surface area contributed by atoms with Gasteiger partial charge in [0.05, 0.1) is 24.0 Å². The Labute approximate surface area is 223 Å². The number of methoxy groups -OCH3 is 1. The van der Waals surface area contributed by atoms with E-state index in [4.69, 9.17) is 21.1 Å². The number of nitrogens with zero attached hydrogens (tertiary/aromatic N) is 4. The van der Waals surface area contributed by atoms with Crippen LogP contribution in [0.4, 0.5) is 16.2 Å². The molecular formula is C28H23ClN6O3. The van der Waals surface area contributed by atoms with Crippen LogP contribution in [-0.4, -0.2) is 33.1 Å². The molecule has 0 bridgehead atoms. The van der Waals surface area contributed by atoms with Crippen molar-refractivity contribution in [3.05, 3.63) is 90.1 Å². The molecule has 0 aliphatic carbocycles. The summed E-state index contributed by atoms with van der Waals surface area (Å²) in [7, 11) is 1.52. The van der Waals surface area contributed by atoms with Crippen LogP contribution < -0.4 is 20.1 Å². The van der Waals surface area contributed by atoms with Crippen LogP contribution in [-0.2, 0) is 6.42 Å². The van der Waals surface area contributed by atoms with E-state index in [0.29, 0.717) is 57.4 Å². The number of carbonyl (C=O) groups is 1. The van der Waals surface area contributed by atoms with E-state index >= 15 is 0 Å². The van der Waals surface area contributed by atoms with Crippen molar-refractivity contribution in [2.45, 2.75) is 13.3 Å². The van der Waals surface area contributed by atoms with E-state index < -0.39 is 6.03 Å². The van der Waals surface area contributed by atoms with Crippen LogP contribution in [0, 0.1) is 0 Å². The first-order chi connectivity index (χ1) is 18.6. The minimum absolute atomic E-state index is 0.359. The predicted molar refractivity (Wildman–Crippen MR) is 147 cm³/mol. The molecule has 0 atom stereocenters. The Kier molecular flexibility index (Phi) is 7.28. The number of fused-ring (bicyclic) bond motifs is 1. The van der Waals surface area contributed by atoms with E-state index in [0.717, 1.165) is 10.8 Å². The number of carbonyl (C=O) groups excluding carboxylic acids is 1. The highest BCUT2D eigenvalue weighted by Gasteiger charge is 2.16. The number of anilines is 2. The van der Waals surface area contributed by atoms with Crippen molar-refractivity contribution in [2.75, 3.05) is 17.7 Å². The fourth-order valence-corrected chi connectivity index (χ4v) is 4.07. The highest BCUT2D eigenvalue weighted by molar-refractivity contribution is 6.31. The van der Waals surface area contributed by atoms with Gasteiger partial charge in [0, 0.05) is 28.4 Å². The molecule has 0 radical (unpaired) electrons. The summed E-state index contributed by atoms with van der Waals surface area (Å²) in [5.41, 5.74) is 1.69. The molecule has 2 N–H and O–H groups in total. The van der Waals surface area contributed by atoms with E-state index in [-0.39, 0.29) is 0 Å². The largest absolute Gasteiger partial charge is 0.495 e. The molecule has 0 spiro atoms. The average Bonchev–Trinajstić information content (AvgIpc) is 2.95. The Morgan fingerprint density at radius 3 is 2.50 bits per heavy atom. The van der Waals surface area contributed by atoms with Gasteiger partial charge in [-0.1, -0.05) is 42.8 Å². The quantitative estimate of drug-likeness (QED) is 0.241. The van der Waals surface area contributed by atoms with Gasteiger partial charge in [-0.25, -0.2) is 24.7 Å². The van der Waals surface area contributed by atoms with Crippen LogP contribution in [0.3, 0.4) is 0 Å². The number of benzene rings is 3. The van der Waals surface area contributed by atoms with Crippen LogP contribution in [0.15, 0.2) is 79.3 Å². The third kappa shape index (κ3) is 5.33. The molecule has 0 saturated heterocycles. The summed E-state index contributed by atoms with van der Waals surface area (Å²) < 4.78 is 11.6. The maximum absolute atomic E-state index is 12.9. The summed E-state index contributed by atoms with van der Waals surface area (Å²) in [4.78, 5) is 30.3. The fourth-order valence-electron chi connectivity index (χ4n) is 3.90. The molecule has 0 aliphatic rings. The van der Waals surface area contributed by atoms with E-state index in [2.05, 4.69) is 30.6 Å². The third-order valence-electron chi connectivity index (χ3n) is 5.70. The Morgan fingerprint density at radius 2 is 1.68 bits per heavy atom. The van der Waals surface area contributed by atoms with E-state index in [9.17, 15) is 4.79 Å². The lowest BCUT2D eigenvalue weighted by atomic mass is 10.1. The van der Waals surface area contributed by atoms with Crippen LogP contribution in [0.5, 0.6) is 17.4 Å². The number of aryl methyl sites for hydroxylation is 1. The molecule has 3 aromatic carbocycles. The maximum Gasteiger partial charge on any atom is 0.323 e. The highest BCUT2D eigenvalue weighted by Crippen LogP contribution is 2.36. The number of ether oxygens (including phenoxy) is 2. The zero-order valence-electron chi connectivity index (χ0n) is 20.6. The standard InChI is InChI=1S/C28H23ClN6O3/c1-3-25-31-16-32-26(35-25)20-9-6-14-30-27(20)38-23-13-11-21(18-7-4-5-8-19(18)23)33-28(36)34-22-15-17(29)10-12-24(22)37-2/h4-16H,3H2,1-2H3,(H2,33,34,36). The highest BCUT2D eigenvalue weighted by atomic mass is 35.5. The summed E-state index contributed by atoms with van der Waals surface area (Å²) in [5, 5.41) is 7.73. The first-order valence-electron chi connectivity index (χ1n) is 11.8. The van der Waals surface area contributed by atoms with Crippen molar-refractivity contribution in [3.63, 3.8) is 0 Å². The van der Waals surface area contributed by atoms with Crippen LogP contribution in [0.2, 0.25) is 5.02 Å². The van der Waals surface area contributed by atoms with Gasteiger partial charge in [0.25, 0.3) is 0 Å². The zero-order valence-corrected chi connectivity index (χ0v) is 21.4. The Hall–Kier alpha value is -4.76. The van der Waals surface area contributed by atoms with Crippen molar-refractivity contribution < 1.29 is 14.3 Å². The second-order valence-electron chi connectivity index (χ2n) is 8.12. The molecule has 38 heavy (non-hydrogen) atoms. The zero-order chi connectivity index (χ0) is 26.5. The number of urea groups is 1. The van der Waals surface area contributed by atoms with Crippen molar-refractivity contribution in [3.8, 4) is 28.8 Å². The van der Waals surface area contributed by atoms with Crippen molar-refractivity contribution in [1.29, 1.82) is 0 Å². The van der Waals surface area contributed by atoms with Gasteiger partial charge in [-0.15, -0.1) is 0 Å². The Morgan fingerprint density at radius 1 is 0.895 bits per heavy atom. The second kappa shape index (κ2) is 11.1. The summed E-state index contributed by atoms with van der Waals surface area (Å²) >= 11 is 6.09. The molecule has 10 heteroatoms. The Bertz CT molecular complexity index is 1630. The van der Waals surface area contributed by atoms with Gasteiger partial charge in [0.2, 0.25) is 5.88 Å². The van der Waals surface area contributed by atoms with Crippen molar-refractivity contribution in [2.24, 2.45) is 0 Å². The molecule has 0 saturated carbocycles. The second-order valence-corrected chi connectivity index (χ2v) is 8.55. The maximum atomic E-state index is 12.9. The lowest BCUT2D eigenvalue weighted by Crippen LogP contribution is -2.20. The van der Waals surface area contributed by atoms with Crippen LogP contribution in [0.25, 0.3) is 22.2 Å². The first-order valence-corrected chi connectivity index (χ1v) is 12.2. The number of amides is 2. The number of hydrogen-bond acceptors (Lipinski definition) is 7. The smallest absolute Gasteiger partial charge is 0.323 e. The lowest BCUT2D eigenvalue weighted by Gasteiger charge is -2.15. The van der Waals surface area contributed by atoms with Gasteiger partial charge >= 0.3 is 6.03 Å². The lowest BCUT2D eigenvalue weighted by molar-refractivity contribution is 0.262. The number of halogens is 1. The third-order valence-corrected chi connectivity index (χ3v) is 5.93. The number of rotatable bonds is 7. The fraction of sp³-hybridized carbons (Fsp3) is 0.107. The van der Waals surface area contributed by atoms with Gasteiger partial charge < -0.3 is 20.1 Å². The molecule has 5 aromatic rings. The molecule has 190 valence electrons. The topological polar surface area (TPSA) is 111 Å². The summed E-state index contributed by atoms with van der Waals surface area (Å²) in [6.45, 7) is 1.98. The predicted octanol–water partition coefficient (Wildman–Crippen LogP) is 6.75. The summed E-state index contributed by atoms with van der Waals surface area (Å²) in [6.07, 6.45) is 3.81. The first kappa shape index (κ1) is 24.9. The van der Waals surface area contributed by atoms with Gasteiger partial charge in [-0.2, -0.15) is 0 Å². The van der Waals surface area contributed by atoms with Gasteiger partial charge in [-0.05, 0) is 42.5 Å². The molecular weight excluding hydrogens is 504 g/mol. The minimum atomic E-state index is -0.446. The number of hydrogen-bond donors (Lipinski definition) is 2. The Balaban J connectivity index is 1.44. The molecule has 9 nitrogen and oxygen atoms in total. The van der Waals surface area contributed by atoms with Crippen molar-refractivity contribution >= 4 is 39.8 Å². The molecule has 0 unspecified atom stereocenters. The summed E-state index contributed by atoms with van der Waals surface area (Å²) in [5.74, 6) is 2.58. The van der Waals surface area contributed by atoms with E-state index in [1.165, 1.54) is 13.4 Å². The van der Waals surface area contributed by atoms with Gasteiger partial charge in [0.1, 0.15) is 23.7 Å². The van der Waals surface area contributed by atoms with Crippen LogP contribution in [0.1, 0.15) is 12.7 Å². The molecule has 0 aliphatic heterocycles. The minimum Gasteiger partial charge on any atom is -0.495 e. The number of nitrogens with one attached hydrogen (secondary N) is 2. The molecule has 5 rings (SSSR count). The number of aromatic nitrogens is 4. The molecule has 0 fully saturated rings. The molecule has 2 heterocycles. The van der Waals surface area contributed by atoms with Crippen molar-refractivity contribution in [1.82, 2.24) is 19.9 Å². The molecule has 2 aromatic heterocycles. The summed E-state index contributed by atoms with van der Waals surface area (Å²) in [6, 6.07) is 19.3. The van der Waals surface area contributed by atoms with Gasteiger partial charge in [0.15, 0.2) is 5.82 Å². The monoisotopic (exact) mass is 526 g/mol. The number of pyridine rings is 1. The average molecular weight is 527 g/mol. The van der Waals surface area contributed by atoms with Crippen LogP contribution >= 0.6 is 11.6 Å². The van der Waals surface area contributed by atoms with E-state index in [1.54, 1.807) is 42.6 Å². The SMILES string of the molecule is CCc1ncnc(-c2cccnc2Oc2ccc(NC(=O)Nc3cc(Cl)ccc3OC)c3ccccc23)n1. The van der Waals surface area contributed by atoms with Gasteiger partial charge in [-0.3, -0.25) is 0 Å². The normalized spacial score (nSPS) is 10.7. The molecule has 2 amide bonds. The van der Waals surface area contributed by atoms with E-state index in [1.807, 2.05) is 37.3 Å².